The van der Waals surface area contributed by atoms with Crippen molar-refractivity contribution in [2.24, 2.45) is 0 Å². The SMILES string of the molecule is CCC/C=C/CC1CNCCN1. The smallest absolute Gasteiger partial charge is 0.0227 e. The summed E-state index contributed by atoms with van der Waals surface area (Å²) in [5.74, 6) is 0. The van der Waals surface area contributed by atoms with Gasteiger partial charge in [-0.25, -0.2) is 0 Å². The zero-order valence-electron chi connectivity index (χ0n) is 7.97. The molecule has 0 aromatic carbocycles. The average Bonchev–Trinajstić information content (AvgIpc) is 2.14. The zero-order valence-corrected chi connectivity index (χ0v) is 7.97. The van der Waals surface area contributed by atoms with Gasteiger partial charge in [-0.15, -0.1) is 0 Å². The van der Waals surface area contributed by atoms with E-state index in [2.05, 4.69) is 29.7 Å². The Kier molecular flexibility index (Phi) is 5.04. The Morgan fingerprint density at radius 1 is 1.33 bits per heavy atom. The summed E-state index contributed by atoms with van der Waals surface area (Å²) in [4.78, 5) is 0. The van der Waals surface area contributed by atoms with Crippen molar-refractivity contribution in [3.8, 4) is 0 Å². The van der Waals surface area contributed by atoms with E-state index in [-0.39, 0.29) is 0 Å². The van der Waals surface area contributed by atoms with Gasteiger partial charge in [0.15, 0.2) is 0 Å². The molecule has 2 heteroatoms. The number of hydrogen-bond donors (Lipinski definition) is 2. The first kappa shape index (κ1) is 9.75. The molecule has 1 unspecified atom stereocenters. The fraction of sp³-hybridized carbons (Fsp3) is 0.800. The van der Waals surface area contributed by atoms with E-state index in [9.17, 15) is 0 Å². The first-order valence-electron chi connectivity index (χ1n) is 5.02. The molecular weight excluding hydrogens is 148 g/mol. The lowest BCUT2D eigenvalue weighted by Crippen LogP contribution is -2.47. The molecule has 0 aliphatic carbocycles. The number of nitrogens with one attached hydrogen (secondary N) is 2. The lowest BCUT2D eigenvalue weighted by Gasteiger charge is -2.23. The largest absolute Gasteiger partial charge is 0.314 e. The molecule has 12 heavy (non-hydrogen) atoms. The summed E-state index contributed by atoms with van der Waals surface area (Å²) < 4.78 is 0. The van der Waals surface area contributed by atoms with Crippen molar-refractivity contribution in [3.63, 3.8) is 0 Å². The van der Waals surface area contributed by atoms with Gasteiger partial charge >= 0.3 is 0 Å². The third kappa shape index (κ3) is 3.88. The van der Waals surface area contributed by atoms with Gasteiger partial charge in [-0.05, 0) is 12.8 Å². The third-order valence-corrected chi connectivity index (χ3v) is 2.17. The first-order valence-corrected chi connectivity index (χ1v) is 5.02. The van der Waals surface area contributed by atoms with Gasteiger partial charge in [-0.2, -0.15) is 0 Å². The van der Waals surface area contributed by atoms with Gasteiger partial charge in [-0.1, -0.05) is 25.5 Å². The Bertz CT molecular complexity index is 126. The Morgan fingerprint density at radius 3 is 2.92 bits per heavy atom. The van der Waals surface area contributed by atoms with Crippen LogP contribution in [-0.2, 0) is 0 Å². The van der Waals surface area contributed by atoms with E-state index in [4.69, 9.17) is 0 Å². The highest BCUT2D eigenvalue weighted by Crippen LogP contribution is 1.97. The van der Waals surface area contributed by atoms with Crippen molar-refractivity contribution in [1.29, 1.82) is 0 Å². The van der Waals surface area contributed by atoms with Crippen LogP contribution in [-0.4, -0.2) is 25.7 Å². The molecule has 1 rings (SSSR count). The Morgan fingerprint density at radius 2 is 2.25 bits per heavy atom. The number of rotatable bonds is 4. The van der Waals surface area contributed by atoms with Crippen LogP contribution in [0.1, 0.15) is 26.2 Å². The first-order chi connectivity index (χ1) is 5.93. The molecule has 1 saturated heterocycles. The summed E-state index contributed by atoms with van der Waals surface area (Å²) in [5, 5.41) is 6.86. The summed E-state index contributed by atoms with van der Waals surface area (Å²) in [6.07, 6.45) is 8.24. The summed E-state index contributed by atoms with van der Waals surface area (Å²) in [5.41, 5.74) is 0. The van der Waals surface area contributed by atoms with Gasteiger partial charge in [0.2, 0.25) is 0 Å². The maximum absolute atomic E-state index is 3.48. The zero-order chi connectivity index (χ0) is 8.65. The summed E-state index contributed by atoms with van der Waals surface area (Å²) >= 11 is 0. The van der Waals surface area contributed by atoms with Gasteiger partial charge in [0, 0.05) is 25.7 Å². The second kappa shape index (κ2) is 6.21. The second-order valence-electron chi connectivity index (χ2n) is 3.35. The van der Waals surface area contributed by atoms with Crippen LogP contribution in [0.2, 0.25) is 0 Å². The van der Waals surface area contributed by atoms with E-state index in [1.807, 2.05) is 0 Å². The number of hydrogen-bond acceptors (Lipinski definition) is 2. The average molecular weight is 168 g/mol. The topological polar surface area (TPSA) is 24.1 Å². The molecule has 1 aliphatic rings. The van der Waals surface area contributed by atoms with Gasteiger partial charge < -0.3 is 10.6 Å². The number of unbranched alkanes of at least 4 members (excludes halogenated alkanes) is 1. The van der Waals surface area contributed by atoms with E-state index in [1.54, 1.807) is 0 Å². The van der Waals surface area contributed by atoms with Gasteiger partial charge in [0.05, 0.1) is 0 Å². The molecule has 1 heterocycles. The van der Waals surface area contributed by atoms with Crippen molar-refractivity contribution in [2.75, 3.05) is 19.6 Å². The fourth-order valence-electron chi connectivity index (χ4n) is 1.42. The molecule has 1 fully saturated rings. The molecule has 0 spiro atoms. The Labute approximate surface area is 75.4 Å². The Balaban J connectivity index is 2.04. The molecule has 1 aliphatic heterocycles. The van der Waals surface area contributed by atoms with E-state index < -0.39 is 0 Å². The minimum atomic E-state index is 0.659. The molecule has 0 saturated carbocycles. The van der Waals surface area contributed by atoms with Crippen LogP contribution in [0.25, 0.3) is 0 Å². The van der Waals surface area contributed by atoms with Crippen molar-refractivity contribution >= 4 is 0 Å². The predicted octanol–water partition coefficient (Wildman–Crippen LogP) is 1.29. The van der Waals surface area contributed by atoms with Crippen LogP contribution in [0.5, 0.6) is 0 Å². The summed E-state index contributed by atoms with van der Waals surface area (Å²) in [7, 11) is 0. The van der Waals surface area contributed by atoms with Crippen LogP contribution < -0.4 is 10.6 Å². The number of piperazine rings is 1. The number of allylic oxidation sites excluding steroid dienone is 1. The van der Waals surface area contributed by atoms with Crippen molar-refractivity contribution in [3.05, 3.63) is 12.2 Å². The standard InChI is InChI=1S/C10H20N2/c1-2-3-4-5-6-10-9-11-7-8-12-10/h4-5,10-12H,2-3,6-9H2,1H3/b5-4+. The molecule has 0 amide bonds. The monoisotopic (exact) mass is 168 g/mol. The maximum atomic E-state index is 3.48. The van der Waals surface area contributed by atoms with Crippen LogP contribution in [0, 0.1) is 0 Å². The van der Waals surface area contributed by atoms with E-state index >= 15 is 0 Å². The fourth-order valence-corrected chi connectivity index (χ4v) is 1.42. The highest BCUT2D eigenvalue weighted by atomic mass is 15.0. The third-order valence-electron chi connectivity index (χ3n) is 2.17. The van der Waals surface area contributed by atoms with Gasteiger partial charge in [-0.3, -0.25) is 0 Å². The normalized spacial score (nSPS) is 24.9. The molecule has 0 aromatic rings. The minimum Gasteiger partial charge on any atom is -0.314 e. The molecule has 0 aromatic heterocycles. The van der Waals surface area contributed by atoms with E-state index in [0.29, 0.717) is 6.04 Å². The lowest BCUT2D eigenvalue weighted by atomic mass is 10.1. The van der Waals surface area contributed by atoms with E-state index in [1.165, 1.54) is 19.3 Å². The van der Waals surface area contributed by atoms with Crippen LogP contribution >= 0.6 is 0 Å². The second-order valence-corrected chi connectivity index (χ2v) is 3.35. The minimum absolute atomic E-state index is 0.659. The molecule has 2 N–H and O–H groups in total. The van der Waals surface area contributed by atoms with Crippen molar-refractivity contribution < 1.29 is 0 Å². The van der Waals surface area contributed by atoms with Crippen LogP contribution in [0.3, 0.4) is 0 Å². The van der Waals surface area contributed by atoms with E-state index in [0.717, 1.165) is 19.6 Å². The highest BCUT2D eigenvalue weighted by molar-refractivity contribution is 4.88. The lowest BCUT2D eigenvalue weighted by molar-refractivity contribution is 0.421. The molecular formula is C10H20N2. The maximum Gasteiger partial charge on any atom is 0.0227 e. The Hall–Kier alpha value is -0.340. The van der Waals surface area contributed by atoms with Gasteiger partial charge in [0.25, 0.3) is 0 Å². The molecule has 2 nitrogen and oxygen atoms in total. The van der Waals surface area contributed by atoms with Crippen LogP contribution in [0.4, 0.5) is 0 Å². The van der Waals surface area contributed by atoms with Crippen LogP contribution in [0.15, 0.2) is 12.2 Å². The molecule has 70 valence electrons. The van der Waals surface area contributed by atoms with Gasteiger partial charge in [0.1, 0.15) is 0 Å². The van der Waals surface area contributed by atoms with Crippen molar-refractivity contribution in [2.45, 2.75) is 32.2 Å². The molecule has 1 atom stereocenters. The van der Waals surface area contributed by atoms with Crippen molar-refractivity contribution in [1.82, 2.24) is 10.6 Å². The summed E-state index contributed by atoms with van der Waals surface area (Å²) in [6, 6.07) is 0.659. The quantitative estimate of drug-likeness (QED) is 0.618. The summed E-state index contributed by atoms with van der Waals surface area (Å²) in [6.45, 7) is 5.57. The highest BCUT2D eigenvalue weighted by Gasteiger charge is 2.08. The molecule has 0 radical (unpaired) electrons. The molecule has 0 bridgehead atoms. The predicted molar refractivity (Wildman–Crippen MR) is 53.3 cm³/mol.